The Morgan fingerprint density at radius 1 is 1.05 bits per heavy atom. The number of hydrogen-bond donors (Lipinski definition) is 1. The minimum absolute atomic E-state index is 0.175. The van der Waals surface area contributed by atoms with E-state index in [1.165, 1.54) is 0 Å². The van der Waals surface area contributed by atoms with Crippen molar-refractivity contribution in [2.45, 2.75) is 12.5 Å². The average Bonchev–Trinajstić information content (AvgIpc) is 2.47. The van der Waals surface area contributed by atoms with E-state index in [2.05, 4.69) is 12.1 Å². The summed E-state index contributed by atoms with van der Waals surface area (Å²) in [5.74, 6) is 0.714. The van der Waals surface area contributed by atoms with Crippen LogP contribution < -0.4 is 10.5 Å². The van der Waals surface area contributed by atoms with Crippen LogP contribution in [-0.4, -0.2) is 12.1 Å². The van der Waals surface area contributed by atoms with E-state index in [9.17, 15) is 0 Å². The van der Waals surface area contributed by atoms with Gasteiger partial charge in [0.1, 0.15) is 17.9 Å². The van der Waals surface area contributed by atoms with E-state index in [0.717, 1.165) is 11.1 Å². The van der Waals surface area contributed by atoms with Crippen molar-refractivity contribution in [1.29, 1.82) is 5.26 Å². The van der Waals surface area contributed by atoms with Gasteiger partial charge in [-0.05, 0) is 30.2 Å². The topological polar surface area (TPSA) is 59.0 Å². The highest BCUT2D eigenvalue weighted by molar-refractivity contribution is 5.63. The monoisotopic (exact) mass is 252 g/mol. The lowest BCUT2D eigenvalue weighted by Gasteiger charge is -2.16. The summed E-state index contributed by atoms with van der Waals surface area (Å²) in [6, 6.07) is 19.9. The zero-order chi connectivity index (χ0) is 13.7. The van der Waals surface area contributed by atoms with Gasteiger partial charge in [0.15, 0.2) is 0 Å². The summed E-state index contributed by atoms with van der Waals surface area (Å²) in [4.78, 5) is 0. The van der Waals surface area contributed by atoms with Crippen molar-refractivity contribution >= 4 is 0 Å². The molecule has 1 unspecified atom stereocenters. The lowest BCUT2D eigenvalue weighted by molar-refractivity contribution is 0.265. The summed E-state index contributed by atoms with van der Waals surface area (Å²) < 4.78 is 5.51. The van der Waals surface area contributed by atoms with Gasteiger partial charge in [-0.25, -0.2) is 0 Å². The van der Waals surface area contributed by atoms with Gasteiger partial charge in [0.2, 0.25) is 0 Å². The van der Waals surface area contributed by atoms with E-state index in [0.29, 0.717) is 5.75 Å². The van der Waals surface area contributed by atoms with Gasteiger partial charge in [-0.3, -0.25) is 0 Å². The van der Waals surface area contributed by atoms with Gasteiger partial charge in [0.05, 0.1) is 6.07 Å². The Kier molecular flexibility index (Phi) is 3.84. The first kappa shape index (κ1) is 13.1. The number of benzene rings is 2. The molecule has 1 atom stereocenters. The van der Waals surface area contributed by atoms with Crippen LogP contribution in [0, 0.1) is 11.3 Å². The van der Waals surface area contributed by atoms with E-state index in [4.69, 9.17) is 15.7 Å². The second-order valence-electron chi connectivity index (χ2n) is 4.71. The molecule has 2 aromatic rings. The summed E-state index contributed by atoms with van der Waals surface area (Å²) in [6.07, 6.45) is 0. The maximum absolute atomic E-state index is 8.81. The zero-order valence-corrected chi connectivity index (χ0v) is 10.8. The molecule has 0 saturated carbocycles. The molecular weight excluding hydrogens is 236 g/mol. The van der Waals surface area contributed by atoms with Gasteiger partial charge in [-0.1, -0.05) is 42.5 Å². The van der Waals surface area contributed by atoms with Crippen molar-refractivity contribution in [3.63, 3.8) is 0 Å². The lowest BCUT2D eigenvalue weighted by atomic mass is 10.1. The molecular formula is C16H16N2O. The maximum atomic E-state index is 8.81. The summed E-state index contributed by atoms with van der Waals surface area (Å²) in [7, 11) is 0. The fraction of sp³-hybridized carbons (Fsp3) is 0.188. The maximum Gasteiger partial charge on any atom is 0.135 e. The zero-order valence-electron chi connectivity index (χ0n) is 10.8. The smallest absolute Gasteiger partial charge is 0.135 e. The molecule has 96 valence electrons. The second kappa shape index (κ2) is 5.55. The molecule has 2 rings (SSSR count). The van der Waals surface area contributed by atoms with Crippen molar-refractivity contribution in [1.82, 2.24) is 0 Å². The van der Waals surface area contributed by atoms with Crippen molar-refractivity contribution in [3.8, 4) is 22.9 Å². The van der Waals surface area contributed by atoms with Gasteiger partial charge in [-0.15, -0.1) is 0 Å². The summed E-state index contributed by atoms with van der Waals surface area (Å²) in [5, 5.41) is 8.81. The Hall–Kier alpha value is -2.31. The number of nitrogens with two attached hydrogens (primary N) is 1. The Bertz CT molecular complexity index is 568. The Morgan fingerprint density at radius 2 is 1.63 bits per heavy atom. The van der Waals surface area contributed by atoms with Crippen molar-refractivity contribution < 1.29 is 4.74 Å². The number of ether oxygens (including phenoxy) is 1. The van der Waals surface area contributed by atoms with Crippen LogP contribution in [0.3, 0.4) is 0 Å². The molecule has 0 aromatic heterocycles. The van der Waals surface area contributed by atoms with Gasteiger partial charge < -0.3 is 10.5 Å². The molecule has 0 aliphatic heterocycles. The van der Waals surface area contributed by atoms with Crippen LogP contribution in [-0.2, 0) is 0 Å². The number of nitrogens with zero attached hydrogens (tertiary/aromatic N) is 1. The normalized spacial score (nSPS) is 13.3. The first-order valence-corrected chi connectivity index (χ1v) is 6.09. The highest BCUT2D eigenvalue weighted by Crippen LogP contribution is 2.22. The third-order valence-electron chi connectivity index (χ3n) is 2.76. The molecule has 0 bridgehead atoms. The summed E-state index contributed by atoms with van der Waals surface area (Å²) >= 11 is 0. The fourth-order valence-corrected chi connectivity index (χ4v) is 1.64. The quantitative estimate of drug-likeness (QED) is 0.910. The van der Waals surface area contributed by atoms with Crippen molar-refractivity contribution in [3.05, 3.63) is 54.6 Å². The predicted molar refractivity (Wildman–Crippen MR) is 75.6 cm³/mol. The Balaban J connectivity index is 2.06. The molecule has 2 aromatic carbocycles. The number of hydrogen-bond acceptors (Lipinski definition) is 3. The summed E-state index contributed by atoms with van der Waals surface area (Å²) in [6.45, 7) is 1.82. The van der Waals surface area contributed by atoms with E-state index in [-0.39, 0.29) is 6.61 Å². The molecule has 3 heteroatoms. The average molecular weight is 252 g/mol. The molecule has 0 amide bonds. The standard InChI is InChI=1S/C16H16N2O/c1-16(18,11-17)12-19-15-9-7-14(8-10-15)13-5-3-2-4-6-13/h2-10H,12,18H2,1H3. The van der Waals surface area contributed by atoms with Crippen LogP contribution in [0.5, 0.6) is 5.75 Å². The third kappa shape index (κ3) is 3.57. The number of rotatable bonds is 4. The molecule has 19 heavy (non-hydrogen) atoms. The second-order valence-corrected chi connectivity index (χ2v) is 4.71. The third-order valence-corrected chi connectivity index (χ3v) is 2.76. The van der Waals surface area contributed by atoms with E-state index in [1.54, 1.807) is 6.92 Å². The van der Waals surface area contributed by atoms with Gasteiger partial charge in [0, 0.05) is 0 Å². The molecule has 0 heterocycles. The highest BCUT2D eigenvalue weighted by atomic mass is 16.5. The van der Waals surface area contributed by atoms with Crippen LogP contribution >= 0.6 is 0 Å². The Morgan fingerprint density at radius 3 is 2.21 bits per heavy atom. The SMILES string of the molecule is CC(N)(C#N)COc1ccc(-c2ccccc2)cc1. The van der Waals surface area contributed by atoms with Crippen molar-refractivity contribution in [2.75, 3.05) is 6.61 Å². The van der Waals surface area contributed by atoms with Crippen LogP contribution in [0.1, 0.15) is 6.92 Å². The lowest BCUT2D eigenvalue weighted by Crippen LogP contribution is -2.40. The van der Waals surface area contributed by atoms with Gasteiger partial charge >= 0.3 is 0 Å². The van der Waals surface area contributed by atoms with Gasteiger partial charge in [0.25, 0.3) is 0 Å². The minimum Gasteiger partial charge on any atom is -0.491 e. The fourth-order valence-electron chi connectivity index (χ4n) is 1.64. The van der Waals surface area contributed by atoms with E-state index in [1.807, 2.05) is 48.5 Å². The molecule has 0 saturated heterocycles. The Labute approximate surface area is 113 Å². The molecule has 3 nitrogen and oxygen atoms in total. The van der Waals surface area contributed by atoms with Crippen LogP contribution in [0.2, 0.25) is 0 Å². The van der Waals surface area contributed by atoms with Crippen molar-refractivity contribution in [2.24, 2.45) is 5.73 Å². The molecule has 2 N–H and O–H groups in total. The minimum atomic E-state index is -0.960. The van der Waals surface area contributed by atoms with Crippen LogP contribution in [0.4, 0.5) is 0 Å². The van der Waals surface area contributed by atoms with E-state index >= 15 is 0 Å². The first-order chi connectivity index (χ1) is 9.11. The van der Waals surface area contributed by atoms with Crippen LogP contribution in [0.15, 0.2) is 54.6 Å². The molecule has 0 spiro atoms. The summed E-state index contributed by atoms with van der Waals surface area (Å²) in [5.41, 5.74) is 7.03. The molecule has 0 fully saturated rings. The molecule has 0 aliphatic carbocycles. The largest absolute Gasteiger partial charge is 0.491 e. The van der Waals surface area contributed by atoms with Crippen LogP contribution in [0.25, 0.3) is 11.1 Å². The van der Waals surface area contributed by atoms with E-state index < -0.39 is 5.54 Å². The first-order valence-electron chi connectivity index (χ1n) is 6.09. The predicted octanol–water partition coefficient (Wildman–Crippen LogP) is 2.97. The molecule has 0 radical (unpaired) electrons. The molecule has 0 aliphatic rings. The highest BCUT2D eigenvalue weighted by Gasteiger charge is 2.17. The van der Waals surface area contributed by atoms with Gasteiger partial charge in [-0.2, -0.15) is 5.26 Å². The number of nitriles is 1.